The van der Waals surface area contributed by atoms with Crippen molar-refractivity contribution in [2.24, 2.45) is 5.41 Å². The van der Waals surface area contributed by atoms with E-state index < -0.39 is 0 Å². The molecular formula is C23H29FN4O. The highest BCUT2D eigenvalue weighted by molar-refractivity contribution is 5.92. The zero-order valence-corrected chi connectivity index (χ0v) is 17.3. The Balaban J connectivity index is 1.41. The molecule has 0 radical (unpaired) electrons. The van der Waals surface area contributed by atoms with E-state index in [1.807, 2.05) is 35.2 Å². The lowest BCUT2D eigenvalue weighted by Crippen LogP contribution is -2.47. The summed E-state index contributed by atoms with van der Waals surface area (Å²) in [7, 11) is 0. The Hall–Kier alpha value is -2.63. The van der Waals surface area contributed by atoms with Crippen molar-refractivity contribution in [3.05, 3.63) is 54.0 Å². The van der Waals surface area contributed by atoms with E-state index >= 15 is 0 Å². The number of carbonyl (C=O) groups excluding carboxylic acids is 1. The Labute approximate surface area is 172 Å². The summed E-state index contributed by atoms with van der Waals surface area (Å²) < 4.78 is 13.2. The number of benzene rings is 1. The Kier molecular flexibility index (Phi) is 5.43. The summed E-state index contributed by atoms with van der Waals surface area (Å²) in [5.74, 6) is 0.672. The van der Waals surface area contributed by atoms with Gasteiger partial charge >= 0.3 is 0 Å². The number of amides is 1. The van der Waals surface area contributed by atoms with Crippen LogP contribution in [0, 0.1) is 11.2 Å². The average molecular weight is 397 g/mol. The van der Waals surface area contributed by atoms with Crippen LogP contribution in [0.25, 0.3) is 0 Å². The summed E-state index contributed by atoms with van der Waals surface area (Å²) in [5.41, 5.74) is 1.74. The minimum absolute atomic E-state index is 0.0320. The molecule has 0 saturated carbocycles. The molecule has 0 aliphatic carbocycles. The van der Waals surface area contributed by atoms with Crippen LogP contribution in [-0.2, 0) is 0 Å². The quantitative estimate of drug-likeness (QED) is 0.791. The predicted molar refractivity (Wildman–Crippen MR) is 114 cm³/mol. The minimum atomic E-state index is -0.213. The normalized spacial score (nSPS) is 19.3. The first kappa shape index (κ1) is 19.7. The summed E-state index contributed by atoms with van der Waals surface area (Å²) in [6.45, 7) is 9.35. The van der Waals surface area contributed by atoms with Crippen LogP contribution in [0.4, 0.5) is 15.9 Å². The first-order valence-electron chi connectivity index (χ1n) is 10.4. The average Bonchev–Trinajstić information content (AvgIpc) is 2.73. The minimum Gasteiger partial charge on any atom is -0.368 e. The van der Waals surface area contributed by atoms with Crippen LogP contribution in [0.2, 0.25) is 0 Å². The maximum absolute atomic E-state index is 13.2. The Bertz CT molecular complexity index is 859. The summed E-state index contributed by atoms with van der Waals surface area (Å²) in [4.78, 5) is 24.1. The van der Waals surface area contributed by atoms with E-state index in [1.165, 1.54) is 12.1 Å². The molecule has 0 unspecified atom stereocenters. The van der Waals surface area contributed by atoms with Gasteiger partial charge in [-0.1, -0.05) is 19.9 Å². The van der Waals surface area contributed by atoms with Crippen molar-refractivity contribution < 1.29 is 9.18 Å². The summed E-state index contributed by atoms with van der Waals surface area (Å²) in [5, 5.41) is 0. The second-order valence-corrected chi connectivity index (χ2v) is 8.83. The number of aromatic nitrogens is 1. The number of nitrogens with zero attached hydrogens (tertiary/aromatic N) is 4. The number of halogens is 1. The molecule has 0 atom stereocenters. The third-order valence-electron chi connectivity index (χ3n) is 5.94. The highest BCUT2D eigenvalue weighted by Crippen LogP contribution is 2.29. The number of anilines is 2. The fraction of sp³-hybridized carbons (Fsp3) is 0.478. The Morgan fingerprint density at radius 1 is 0.966 bits per heavy atom. The monoisotopic (exact) mass is 396 g/mol. The molecule has 2 aromatic rings. The van der Waals surface area contributed by atoms with Crippen molar-refractivity contribution in [3.63, 3.8) is 0 Å². The largest absolute Gasteiger partial charge is 0.368 e. The van der Waals surface area contributed by atoms with E-state index in [4.69, 9.17) is 4.98 Å². The molecule has 154 valence electrons. The lowest BCUT2D eigenvalue weighted by Gasteiger charge is -2.38. The van der Waals surface area contributed by atoms with E-state index in [0.717, 1.165) is 63.6 Å². The van der Waals surface area contributed by atoms with Gasteiger partial charge in [0.05, 0.1) is 0 Å². The zero-order chi connectivity index (χ0) is 20.4. The van der Waals surface area contributed by atoms with Crippen LogP contribution in [-0.4, -0.2) is 55.1 Å². The van der Waals surface area contributed by atoms with Crippen LogP contribution >= 0.6 is 0 Å². The molecule has 2 aliphatic heterocycles. The van der Waals surface area contributed by atoms with E-state index in [-0.39, 0.29) is 17.1 Å². The number of piperazine rings is 1. The molecule has 5 nitrogen and oxygen atoms in total. The predicted octanol–water partition coefficient (Wildman–Crippen LogP) is 3.81. The molecule has 4 rings (SSSR count). The van der Waals surface area contributed by atoms with Crippen molar-refractivity contribution in [3.8, 4) is 0 Å². The smallest absolute Gasteiger partial charge is 0.272 e. The second-order valence-electron chi connectivity index (χ2n) is 8.83. The van der Waals surface area contributed by atoms with Crippen molar-refractivity contribution >= 4 is 17.4 Å². The van der Waals surface area contributed by atoms with Gasteiger partial charge in [0.1, 0.15) is 17.3 Å². The Morgan fingerprint density at radius 3 is 2.34 bits per heavy atom. The molecule has 2 aliphatic rings. The SMILES string of the molecule is CC1(C)CCCN(C(=O)c2cccc(N3CCN(c4ccc(F)cc4)CC3)n2)C1. The summed E-state index contributed by atoms with van der Waals surface area (Å²) in [6.07, 6.45) is 2.20. The van der Waals surface area contributed by atoms with E-state index in [1.54, 1.807) is 0 Å². The third kappa shape index (κ3) is 4.52. The van der Waals surface area contributed by atoms with E-state index in [2.05, 4.69) is 23.6 Å². The number of pyridine rings is 1. The van der Waals surface area contributed by atoms with Gasteiger partial charge in [-0.2, -0.15) is 0 Å². The zero-order valence-electron chi connectivity index (χ0n) is 17.3. The number of hydrogen-bond acceptors (Lipinski definition) is 4. The second kappa shape index (κ2) is 8.01. The van der Waals surface area contributed by atoms with Gasteiger partial charge < -0.3 is 14.7 Å². The van der Waals surface area contributed by atoms with Crippen molar-refractivity contribution in [1.82, 2.24) is 9.88 Å². The van der Waals surface area contributed by atoms with Crippen LogP contribution in [0.15, 0.2) is 42.5 Å². The van der Waals surface area contributed by atoms with Gasteiger partial charge in [-0.3, -0.25) is 4.79 Å². The standard InChI is InChI=1S/C23H29FN4O/c1-23(2)11-4-12-28(17-23)22(29)20-5-3-6-21(25-20)27-15-13-26(14-16-27)19-9-7-18(24)8-10-19/h3,5-10H,4,11-17H2,1-2H3. The van der Waals surface area contributed by atoms with Gasteiger partial charge in [0.15, 0.2) is 0 Å². The van der Waals surface area contributed by atoms with Gasteiger partial charge in [-0.05, 0) is 54.7 Å². The molecule has 1 aromatic carbocycles. The lowest BCUT2D eigenvalue weighted by atomic mass is 9.84. The first-order valence-corrected chi connectivity index (χ1v) is 10.4. The van der Waals surface area contributed by atoms with Gasteiger partial charge in [-0.15, -0.1) is 0 Å². The fourth-order valence-electron chi connectivity index (χ4n) is 4.32. The van der Waals surface area contributed by atoms with Crippen LogP contribution in [0.3, 0.4) is 0 Å². The molecular weight excluding hydrogens is 367 g/mol. The molecule has 2 fully saturated rings. The summed E-state index contributed by atoms with van der Waals surface area (Å²) in [6, 6.07) is 12.4. The number of hydrogen-bond donors (Lipinski definition) is 0. The maximum atomic E-state index is 13.2. The van der Waals surface area contributed by atoms with Gasteiger partial charge in [-0.25, -0.2) is 9.37 Å². The molecule has 0 spiro atoms. The molecule has 3 heterocycles. The highest BCUT2D eigenvalue weighted by Gasteiger charge is 2.30. The van der Waals surface area contributed by atoms with Crippen LogP contribution < -0.4 is 9.80 Å². The number of rotatable bonds is 3. The topological polar surface area (TPSA) is 39.7 Å². The number of likely N-dealkylation sites (tertiary alicyclic amines) is 1. The molecule has 29 heavy (non-hydrogen) atoms. The first-order chi connectivity index (χ1) is 13.9. The van der Waals surface area contributed by atoms with E-state index in [9.17, 15) is 9.18 Å². The number of piperidine rings is 1. The van der Waals surface area contributed by atoms with E-state index in [0.29, 0.717) is 5.69 Å². The van der Waals surface area contributed by atoms with Crippen molar-refractivity contribution in [2.45, 2.75) is 26.7 Å². The number of carbonyl (C=O) groups is 1. The maximum Gasteiger partial charge on any atom is 0.272 e. The molecule has 0 N–H and O–H groups in total. The molecule has 1 amide bonds. The van der Waals surface area contributed by atoms with Crippen molar-refractivity contribution in [1.29, 1.82) is 0 Å². The van der Waals surface area contributed by atoms with Crippen LogP contribution in [0.5, 0.6) is 0 Å². The molecule has 1 aromatic heterocycles. The van der Waals surface area contributed by atoms with Gasteiger partial charge in [0, 0.05) is 45.0 Å². The van der Waals surface area contributed by atoms with Crippen molar-refractivity contribution in [2.75, 3.05) is 49.1 Å². The molecule has 2 saturated heterocycles. The lowest BCUT2D eigenvalue weighted by molar-refractivity contribution is 0.0577. The van der Waals surface area contributed by atoms with Crippen LogP contribution in [0.1, 0.15) is 37.2 Å². The molecule has 6 heteroatoms. The summed E-state index contributed by atoms with van der Waals surface area (Å²) >= 11 is 0. The Morgan fingerprint density at radius 2 is 1.66 bits per heavy atom. The highest BCUT2D eigenvalue weighted by atomic mass is 19.1. The van der Waals surface area contributed by atoms with Gasteiger partial charge in [0.2, 0.25) is 0 Å². The van der Waals surface area contributed by atoms with Gasteiger partial charge in [0.25, 0.3) is 5.91 Å². The fourth-order valence-corrected chi connectivity index (χ4v) is 4.32. The third-order valence-corrected chi connectivity index (χ3v) is 5.94. The molecule has 0 bridgehead atoms.